The van der Waals surface area contributed by atoms with Crippen molar-refractivity contribution in [1.29, 1.82) is 0 Å². The molecule has 7 heteroatoms. The second-order valence-electron chi connectivity index (χ2n) is 4.54. The minimum absolute atomic E-state index is 0.0138. The Kier molecular flexibility index (Phi) is 3.08. The van der Waals surface area contributed by atoms with Gasteiger partial charge in [0, 0.05) is 18.8 Å². The number of sulfonamides is 1. The van der Waals surface area contributed by atoms with Gasteiger partial charge in [0.15, 0.2) is 0 Å². The summed E-state index contributed by atoms with van der Waals surface area (Å²) in [6, 6.07) is 3.41. The maximum Gasteiger partial charge on any atom is 0.246 e. The highest BCUT2D eigenvalue weighted by molar-refractivity contribution is 7.89. The standard InChI is InChI=1S/C11H15FN2O3S/c1-2-11(15)6-14(7-11)18(16,17)10-5-8(13)3-4-9(10)12/h3-5,15H,2,6-7,13H2,1H3. The SMILES string of the molecule is CCC1(O)CN(S(=O)(=O)c2cc(N)ccc2F)C1. The first-order valence-corrected chi connectivity index (χ1v) is 7.00. The molecule has 1 aliphatic rings. The lowest BCUT2D eigenvalue weighted by Crippen LogP contribution is -2.62. The van der Waals surface area contributed by atoms with Gasteiger partial charge in [0.25, 0.3) is 0 Å². The molecule has 1 heterocycles. The number of anilines is 1. The summed E-state index contributed by atoms with van der Waals surface area (Å²) in [5.74, 6) is -0.837. The second kappa shape index (κ2) is 4.18. The third-order valence-electron chi connectivity index (χ3n) is 3.17. The number of nitrogen functional groups attached to an aromatic ring is 1. The summed E-state index contributed by atoms with van der Waals surface area (Å²) in [4.78, 5) is -0.444. The number of rotatable bonds is 3. The van der Waals surface area contributed by atoms with Crippen LogP contribution in [0.15, 0.2) is 23.1 Å². The van der Waals surface area contributed by atoms with Gasteiger partial charge in [-0.1, -0.05) is 6.92 Å². The van der Waals surface area contributed by atoms with Gasteiger partial charge in [-0.15, -0.1) is 0 Å². The molecule has 5 nitrogen and oxygen atoms in total. The average molecular weight is 274 g/mol. The van der Waals surface area contributed by atoms with E-state index in [4.69, 9.17) is 5.73 Å². The first kappa shape index (κ1) is 13.3. The van der Waals surface area contributed by atoms with Crippen molar-refractivity contribution in [3.8, 4) is 0 Å². The van der Waals surface area contributed by atoms with Crippen LogP contribution in [0.1, 0.15) is 13.3 Å². The first-order chi connectivity index (χ1) is 8.28. The van der Waals surface area contributed by atoms with E-state index >= 15 is 0 Å². The number of β-amino-alcohol motifs (C(OH)–C–C–N with tert-alkyl or cyclic N) is 1. The molecule has 0 unspecified atom stereocenters. The van der Waals surface area contributed by atoms with E-state index in [1.54, 1.807) is 6.92 Å². The van der Waals surface area contributed by atoms with Gasteiger partial charge >= 0.3 is 0 Å². The summed E-state index contributed by atoms with van der Waals surface area (Å²) in [6.45, 7) is 1.74. The molecule has 0 atom stereocenters. The molecule has 1 saturated heterocycles. The molecule has 0 aliphatic carbocycles. The second-order valence-corrected chi connectivity index (χ2v) is 6.45. The van der Waals surface area contributed by atoms with Crippen molar-refractivity contribution in [3.05, 3.63) is 24.0 Å². The molecule has 18 heavy (non-hydrogen) atoms. The van der Waals surface area contributed by atoms with Crippen molar-refractivity contribution in [2.75, 3.05) is 18.8 Å². The summed E-state index contributed by atoms with van der Waals surface area (Å²) >= 11 is 0. The number of hydrogen-bond donors (Lipinski definition) is 2. The Morgan fingerprint density at radius 3 is 2.67 bits per heavy atom. The highest BCUT2D eigenvalue weighted by Gasteiger charge is 2.46. The van der Waals surface area contributed by atoms with Crippen molar-refractivity contribution in [2.24, 2.45) is 0 Å². The molecule has 0 amide bonds. The Bertz CT molecular complexity index is 568. The van der Waals surface area contributed by atoms with Crippen LogP contribution < -0.4 is 5.73 Å². The molecule has 0 bridgehead atoms. The van der Waals surface area contributed by atoms with Crippen LogP contribution in [0, 0.1) is 5.82 Å². The fraction of sp³-hybridized carbons (Fsp3) is 0.455. The van der Waals surface area contributed by atoms with E-state index in [0.29, 0.717) is 6.42 Å². The molecule has 0 saturated carbocycles. The Morgan fingerprint density at radius 1 is 1.50 bits per heavy atom. The molecule has 3 N–H and O–H groups in total. The topological polar surface area (TPSA) is 83.6 Å². The molecule has 0 radical (unpaired) electrons. The lowest BCUT2D eigenvalue weighted by atomic mass is 9.94. The van der Waals surface area contributed by atoms with Crippen LogP contribution >= 0.6 is 0 Å². The largest absolute Gasteiger partial charge is 0.399 e. The van der Waals surface area contributed by atoms with Crippen molar-refractivity contribution in [2.45, 2.75) is 23.8 Å². The van der Waals surface area contributed by atoms with Crippen molar-refractivity contribution in [3.63, 3.8) is 0 Å². The van der Waals surface area contributed by atoms with Gasteiger partial charge in [0.2, 0.25) is 10.0 Å². The summed E-state index contributed by atoms with van der Waals surface area (Å²) in [5, 5.41) is 9.80. The van der Waals surface area contributed by atoms with E-state index in [9.17, 15) is 17.9 Å². The lowest BCUT2D eigenvalue weighted by Gasteiger charge is -2.44. The Balaban J connectivity index is 2.31. The molecular formula is C11H15FN2O3S. The summed E-state index contributed by atoms with van der Waals surface area (Å²) in [7, 11) is -3.92. The number of nitrogens with two attached hydrogens (primary N) is 1. The third-order valence-corrected chi connectivity index (χ3v) is 4.98. The van der Waals surface area contributed by atoms with Crippen LogP contribution in [0.4, 0.5) is 10.1 Å². The number of benzene rings is 1. The monoisotopic (exact) mass is 274 g/mol. The lowest BCUT2D eigenvalue weighted by molar-refractivity contribution is -0.0614. The molecule has 1 aliphatic heterocycles. The van der Waals surface area contributed by atoms with Crippen LogP contribution in [0.25, 0.3) is 0 Å². The first-order valence-electron chi connectivity index (χ1n) is 5.56. The van der Waals surface area contributed by atoms with Gasteiger partial charge in [-0.3, -0.25) is 0 Å². The van der Waals surface area contributed by atoms with E-state index in [2.05, 4.69) is 0 Å². The quantitative estimate of drug-likeness (QED) is 0.789. The van der Waals surface area contributed by atoms with Crippen LogP contribution in [0.5, 0.6) is 0 Å². The van der Waals surface area contributed by atoms with Crippen LogP contribution in [0.3, 0.4) is 0 Å². The van der Waals surface area contributed by atoms with Gasteiger partial charge in [0.1, 0.15) is 10.7 Å². The molecule has 100 valence electrons. The van der Waals surface area contributed by atoms with E-state index in [0.717, 1.165) is 16.4 Å². The van der Waals surface area contributed by atoms with Crippen LogP contribution in [-0.2, 0) is 10.0 Å². The van der Waals surface area contributed by atoms with Gasteiger partial charge in [0.05, 0.1) is 5.60 Å². The highest BCUT2D eigenvalue weighted by Crippen LogP contribution is 2.31. The van der Waals surface area contributed by atoms with Crippen molar-refractivity contribution >= 4 is 15.7 Å². The molecule has 2 rings (SSSR count). The summed E-state index contributed by atoms with van der Waals surface area (Å²) in [5.41, 5.74) is 4.65. The predicted molar refractivity (Wildman–Crippen MR) is 64.8 cm³/mol. The van der Waals surface area contributed by atoms with Crippen molar-refractivity contribution < 1.29 is 17.9 Å². The Labute approximate surface area is 105 Å². The zero-order valence-corrected chi connectivity index (χ0v) is 10.7. The normalized spacial score (nSPS) is 19.5. The fourth-order valence-electron chi connectivity index (χ4n) is 1.86. The van der Waals surface area contributed by atoms with Crippen LogP contribution in [0.2, 0.25) is 0 Å². The minimum Gasteiger partial charge on any atom is -0.399 e. The Hall–Kier alpha value is -1.18. The number of nitrogens with zero attached hydrogens (tertiary/aromatic N) is 1. The predicted octanol–water partition coefficient (Wildman–Crippen LogP) is 0.553. The summed E-state index contributed by atoms with van der Waals surface area (Å²) < 4.78 is 38.8. The summed E-state index contributed by atoms with van der Waals surface area (Å²) in [6.07, 6.45) is 0.457. The number of aliphatic hydroxyl groups is 1. The maximum absolute atomic E-state index is 13.5. The van der Waals surface area contributed by atoms with Gasteiger partial charge in [-0.05, 0) is 24.6 Å². The number of hydrogen-bond acceptors (Lipinski definition) is 4. The molecule has 1 fully saturated rings. The maximum atomic E-state index is 13.5. The zero-order valence-electron chi connectivity index (χ0n) is 9.93. The van der Waals surface area contributed by atoms with Gasteiger partial charge < -0.3 is 10.8 Å². The van der Waals surface area contributed by atoms with E-state index in [1.807, 2.05) is 0 Å². The van der Waals surface area contributed by atoms with Crippen molar-refractivity contribution in [1.82, 2.24) is 4.31 Å². The van der Waals surface area contributed by atoms with E-state index in [1.165, 1.54) is 6.07 Å². The minimum atomic E-state index is -3.92. The molecule has 1 aromatic rings. The van der Waals surface area contributed by atoms with Gasteiger partial charge in [-0.2, -0.15) is 4.31 Å². The van der Waals surface area contributed by atoms with E-state index in [-0.39, 0.29) is 18.8 Å². The smallest absolute Gasteiger partial charge is 0.246 e. The molecular weight excluding hydrogens is 259 g/mol. The van der Waals surface area contributed by atoms with E-state index < -0.39 is 26.3 Å². The zero-order chi connectivity index (χ0) is 13.6. The molecule has 0 aromatic heterocycles. The molecule has 1 aromatic carbocycles. The van der Waals surface area contributed by atoms with Crippen LogP contribution in [-0.4, -0.2) is 36.5 Å². The average Bonchev–Trinajstić information content (AvgIpc) is 2.28. The number of halogens is 1. The third kappa shape index (κ3) is 2.09. The fourth-order valence-corrected chi connectivity index (χ4v) is 3.56. The molecule has 0 spiro atoms. The van der Waals surface area contributed by atoms with Gasteiger partial charge in [-0.25, -0.2) is 12.8 Å². The Morgan fingerprint density at radius 2 is 2.11 bits per heavy atom. The highest BCUT2D eigenvalue weighted by atomic mass is 32.2.